The van der Waals surface area contributed by atoms with Crippen molar-refractivity contribution in [2.45, 2.75) is 143 Å². The number of nitrogens with one attached hydrogen (secondary N) is 2. The maximum absolute atomic E-state index is 13.5. The van der Waals surface area contributed by atoms with Gasteiger partial charge in [0.25, 0.3) is 5.91 Å². The summed E-state index contributed by atoms with van der Waals surface area (Å²) in [4.78, 5) is 40.5. The molecule has 0 saturated carbocycles. The first-order valence-electron chi connectivity index (χ1n) is 18.7. The van der Waals surface area contributed by atoms with Gasteiger partial charge in [-0.1, -0.05) is 111 Å². The summed E-state index contributed by atoms with van der Waals surface area (Å²) in [6.45, 7) is 11.0. The maximum Gasteiger partial charge on any atom is 0.311 e. The van der Waals surface area contributed by atoms with Crippen LogP contribution in [0.5, 0.6) is 11.5 Å². The minimum atomic E-state index is -0.358. The van der Waals surface area contributed by atoms with E-state index in [9.17, 15) is 14.4 Å². The van der Waals surface area contributed by atoms with Crippen LogP contribution in [0.2, 0.25) is 0 Å². The Labute approximate surface area is 311 Å². The van der Waals surface area contributed by atoms with Crippen LogP contribution in [-0.4, -0.2) is 48.6 Å². The van der Waals surface area contributed by atoms with Gasteiger partial charge in [-0.15, -0.1) is 17.0 Å². The third-order valence-corrected chi connectivity index (χ3v) is 9.31. The molecule has 1 aliphatic heterocycles. The van der Waals surface area contributed by atoms with Gasteiger partial charge in [-0.2, -0.15) is 0 Å². The molecule has 2 N–H and O–H groups in total. The van der Waals surface area contributed by atoms with Crippen molar-refractivity contribution in [2.75, 3.05) is 20.2 Å². The van der Waals surface area contributed by atoms with E-state index in [2.05, 4.69) is 12.2 Å². The summed E-state index contributed by atoms with van der Waals surface area (Å²) in [5, 5.41) is 11.4. The number of amides is 1. The first-order chi connectivity index (χ1) is 23.5. The largest absolute Gasteiger partial charge is 0.493 e. The van der Waals surface area contributed by atoms with E-state index < -0.39 is 0 Å². The normalized spacial score (nSPS) is 12.4. The lowest BCUT2D eigenvalue weighted by Gasteiger charge is -2.23. The third-order valence-electron chi connectivity index (χ3n) is 9.31. The standard InChI is InChI=1S/C41H61N3O5.BrH/c1-7-9-10-11-12-13-14-15-16-17-18-19-20-21-22-38(46)49-36-24-23-30(25-34(36)41(3,4)5)35(45)29-44-28-31-26-37(48-8-2)33(40(47)43-6)27-32(31)39(44)42;/h23-27,42H,7-22,28-29H2,1-6H3,(H,43,47);1H. The van der Waals surface area contributed by atoms with Crippen molar-refractivity contribution in [3.63, 3.8) is 0 Å². The van der Waals surface area contributed by atoms with Gasteiger partial charge in [0, 0.05) is 36.7 Å². The van der Waals surface area contributed by atoms with Crippen LogP contribution in [0.4, 0.5) is 0 Å². The maximum atomic E-state index is 13.5. The molecule has 2 aromatic rings. The molecule has 1 heterocycles. The Morgan fingerprint density at radius 1 is 0.820 bits per heavy atom. The highest BCUT2D eigenvalue weighted by atomic mass is 79.9. The van der Waals surface area contributed by atoms with Crippen LogP contribution in [0.15, 0.2) is 30.3 Å². The molecule has 2 aromatic carbocycles. The van der Waals surface area contributed by atoms with Crippen molar-refractivity contribution in [3.8, 4) is 11.5 Å². The fourth-order valence-electron chi connectivity index (χ4n) is 6.43. The Kier molecular flexibility index (Phi) is 18.8. The summed E-state index contributed by atoms with van der Waals surface area (Å²) in [6.07, 6.45) is 18.1. The average Bonchev–Trinajstić information content (AvgIpc) is 3.37. The molecule has 0 unspecified atom stereocenters. The number of carbonyl (C=O) groups excluding carboxylic acids is 3. The topological polar surface area (TPSA) is 109 Å². The number of carbonyl (C=O) groups is 3. The van der Waals surface area contributed by atoms with Crippen LogP contribution < -0.4 is 14.8 Å². The molecular formula is C41H62BrN3O5. The van der Waals surface area contributed by atoms with E-state index in [-0.39, 0.29) is 52.4 Å². The second kappa shape index (κ2) is 21.9. The molecular weight excluding hydrogens is 694 g/mol. The average molecular weight is 757 g/mol. The highest BCUT2D eigenvalue weighted by Gasteiger charge is 2.30. The van der Waals surface area contributed by atoms with Crippen LogP contribution in [0.1, 0.15) is 168 Å². The monoisotopic (exact) mass is 755 g/mol. The van der Waals surface area contributed by atoms with Crippen molar-refractivity contribution < 1.29 is 23.9 Å². The number of ketones is 1. The molecule has 8 nitrogen and oxygen atoms in total. The van der Waals surface area contributed by atoms with Crippen LogP contribution in [0.25, 0.3) is 0 Å². The van der Waals surface area contributed by atoms with Gasteiger partial charge < -0.3 is 19.7 Å². The van der Waals surface area contributed by atoms with Crippen molar-refractivity contribution in [3.05, 3.63) is 58.1 Å². The number of hydrogen-bond donors (Lipinski definition) is 2. The molecule has 0 bridgehead atoms. The fourth-order valence-corrected chi connectivity index (χ4v) is 6.43. The quantitative estimate of drug-likeness (QED) is 0.0536. The summed E-state index contributed by atoms with van der Waals surface area (Å²) in [5.41, 5.74) is 2.76. The van der Waals surface area contributed by atoms with Gasteiger partial charge in [0.15, 0.2) is 5.78 Å². The number of unbranched alkanes of at least 4 members (excludes halogenated alkanes) is 13. The van der Waals surface area contributed by atoms with Gasteiger partial charge in [0.1, 0.15) is 17.3 Å². The Balaban J connectivity index is 0.00000867. The van der Waals surface area contributed by atoms with E-state index in [4.69, 9.17) is 14.9 Å². The number of esters is 1. The van der Waals surface area contributed by atoms with E-state index in [1.165, 1.54) is 70.6 Å². The van der Waals surface area contributed by atoms with Crippen LogP contribution in [0.3, 0.4) is 0 Å². The number of amidine groups is 1. The summed E-state index contributed by atoms with van der Waals surface area (Å²) in [7, 11) is 1.56. The van der Waals surface area contributed by atoms with Gasteiger partial charge in [-0.05, 0) is 54.7 Å². The molecule has 0 saturated heterocycles. The second-order valence-corrected chi connectivity index (χ2v) is 14.4. The van der Waals surface area contributed by atoms with Gasteiger partial charge in [-0.25, -0.2) is 0 Å². The molecule has 0 spiro atoms. The van der Waals surface area contributed by atoms with Gasteiger partial charge in [0.05, 0.1) is 18.7 Å². The van der Waals surface area contributed by atoms with Crippen molar-refractivity contribution in [1.29, 1.82) is 5.41 Å². The first-order valence-corrected chi connectivity index (χ1v) is 18.7. The first kappa shape index (κ1) is 43.0. The Morgan fingerprint density at radius 2 is 1.40 bits per heavy atom. The number of ether oxygens (including phenoxy) is 2. The molecule has 9 heteroatoms. The number of Topliss-reactive ketones (excluding diaryl/α,β-unsaturated/α-hetero) is 1. The molecule has 0 fully saturated rings. The minimum Gasteiger partial charge on any atom is -0.493 e. The summed E-state index contributed by atoms with van der Waals surface area (Å²) >= 11 is 0. The molecule has 0 aromatic heterocycles. The molecule has 0 atom stereocenters. The molecule has 3 rings (SSSR count). The predicted octanol–water partition coefficient (Wildman–Crippen LogP) is 10.1. The van der Waals surface area contributed by atoms with E-state index in [1.807, 2.05) is 33.8 Å². The lowest BCUT2D eigenvalue weighted by atomic mass is 9.85. The Bertz CT molecular complexity index is 1420. The van der Waals surface area contributed by atoms with Crippen molar-refractivity contribution in [1.82, 2.24) is 10.2 Å². The zero-order chi connectivity index (χ0) is 35.8. The molecule has 0 aliphatic carbocycles. The van der Waals surface area contributed by atoms with Gasteiger partial charge >= 0.3 is 5.97 Å². The predicted molar refractivity (Wildman–Crippen MR) is 209 cm³/mol. The number of fused-ring (bicyclic) bond motifs is 1. The molecule has 278 valence electrons. The van der Waals surface area contributed by atoms with Gasteiger partial charge in [-0.3, -0.25) is 19.8 Å². The van der Waals surface area contributed by atoms with Crippen LogP contribution in [-0.2, 0) is 16.8 Å². The van der Waals surface area contributed by atoms with E-state index in [0.717, 1.165) is 30.4 Å². The Hall–Kier alpha value is -3.20. The van der Waals surface area contributed by atoms with E-state index >= 15 is 0 Å². The van der Waals surface area contributed by atoms with Gasteiger partial charge in [0.2, 0.25) is 0 Å². The van der Waals surface area contributed by atoms with Crippen LogP contribution in [0, 0.1) is 5.41 Å². The lowest BCUT2D eigenvalue weighted by Crippen LogP contribution is -2.30. The highest BCUT2D eigenvalue weighted by molar-refractivity contribution is 8.93. The number of halogens is 1. The Morgan fingerprint density at radius 3 is 1.94 bits per heavy atom. The smallest absolute Gasteiger partial charge is 0.311 e. The third kappa shape index (κ3) is 13.2. The highest BCUT2D eigenvalue weighted by Crippen LogP contribution is 2.34. The second-order valence-electron chi connectivity index (χ2n) is 14.4. The summed E-state index contributed by atoms with van der Waals surface area (Å²) in [5.74, 6) is 0.483. The van der Waals surface area contributed by atoms with Crippen molar-refractivity contribution >= 4 is 40.5 Å². The molecule has 1 amide bonds. The number of nitrogens with zero attached hydrogens (tertiary/aromatic N) is 1. The number of rotatable bonds is 22. The zero-order valence-corrected chi connectivity index (χ0v) is 33.2. The molecule has 1 aliphatic rings. The molecule has 50 heavy (non-hydrogen) atoms. The zero-order valence-electron chi connectivity index (χ0n) is 31.5. The minimum absolute atomic E-state index is 0. The lowest BCUT2D eigenvalue weighted by molar-refractivity contribution is -0.134. The summed E-state index contributed by atoms with van der Waals surface area (Å²) in [6, 6.07) is 8.72. The van der Waals surface area contributed by atoms with Crippen molar-refractivity contribution in [2.24, 2.45) is 0 Å². The van der Waals surface area contributed by atoms with E-state index in [0.29, 0.717) is 47.8 Å². The number of hydrogen-bond acceptors (Lipinski definition) is 6. The fraction of sp³-hybridized carbons (Fsp3) is 0.610. The molecule has 0 radical (unpaired) electrons. The summed E-state index contributed by atoms with van der Waals surface area (Å²) < 4.78 is 11.5. The van der Waals surface area contributed by atoms with E-state index in [1.54, 1.807) is 36.2 Å². The number of benzene rings is 2. The SMILES string of the molecule is Br.CCCCCCCCCCCCCCCCC(=O)Oc1ccc(C(=O)CN2Cc3cc(OCC)c(C(=O)NC)cc3C2=N)cc1C(C)(C)C. The van der Waals surface area contributed by atoms with Crippen LogP contribution >= 0.6 is 17.0 Å².